The van der Waals surface area contributed by atoms with Gasteiger partial charge in [-0.05, 0) is 31.4 Å². The van der Waals surface area contributed by atoms with Gasteiger partial charge in [-0.3, -0.25) is 4.79 Å². The summed E-state index contributed by atoms with van der Waals surface area (Å²) in [6, 6.07) is 6.33. The Hall–Kier alpha value is -1.60. The highest BCUT2D eigenvalue weighted by Gasteiger charge is 2.31. The molecule has 0 saturated carbocycles. The van der Waals surface area contributed by atoms with Crippen molar-refractivity contribution >= 4 is 21.6 Å². The van der Waals surface area contributed by atoms with Gasteiger partial charge in [-0.25, -0.2) is 12.7 Å². The lowest BCUT2D eigenvalue weighted by molar-refractivity contribution is -0.120. The highest BCUT2D eigenvalue weighted by molar-refractivity contribution is 7.89. The Morgan fingerprint density at radius 3 is 2.91 bits per heavy atom. The highest BCUT2D eigenvalue weighted by Crippen LogP contribution is 2.22. The van der Waals surface area contributed by atoms with Crippen molar-refractivity contribution in [1.29, 1.82) is 0 Å². The van der Waals surface area contributed by atoms with Gasteiger partial charge in [0.1, 0.15) is 5.75 Å². The van der Waals surface area contributed by atoms with Gasteiger partial charge in [0, 0.05) is 24.8 Å². The Morgan fingerprint density at radius 2 is 2.22 bits per heavy atom. The van der Waals surface area contributed by atoms with Crippen LogP contribution in [0.3, 0.4) is 0 Å². The van der Waals surface area contributed by atoms with Crippen LogP contribution in [0.1, 0.15) is 32.6 Å². The SMILES string of the molecule is CCCCS(=O)(=O)N1CCC[C@H](C(=O)Nc2cccc(O)c2)C1. The van der Waals surface area contributed by atoms with Gasteiger partial charge in [-0.2, -0.15) is 0 Å². The van der Waals surface area contributed by atoms with E-state index in [0.717, 1.165) is 6.42 Å². The molecule has 1 saturated heterocycles. The Labute approximate surface area is 137 Å². The average molecular weight is 340 g/mol. The van der Waals surface area contributed by atoms with E-state index in [4.69, 9.17) is 0 Å². The molecule has 2 rings (SSSR count). The second-order valence-corrected chi connectivity index (χ2v) is 7.99. The largest absolute Gasteiger partial charge is 0.508 e. The van der Waals surface area contributed by atoms with Crippen LogP contribution in [0.15, 0.2) is 24.3 Å². The number of amides is 1. The van der Waals surface area contributed by atoms with Crippen molar-refractivity contribution in [3.63, 3.8) is 0 Å². The molecule has 0 spiro atoms. The van der Waals surface area contributed by atoms with Gasteiger partial charge < -0.3 is 10.4 Å². The van der Waals surface area contributed by atoms with E-state index in [2.05, 4.69) is 5.32 Å². The molecule has 0 radical (unpaired) electrons. The Balaban J connectivity index is 1.99. The molecule has 0 aliphatic carbocycles. The molecule has 1 aromatic rings. The zero-order valence-electron chi connectivity index (χ0n) is 13.4. The summed E-state index contributed by atoms with van der Waals surface area (Å²) in [5.74, 6) is -0.339. The summed E-state index contributed by atoms with van der Waals surface area (Å²) in [6.45, 7) is 2.68. The number of piperidine rings is 1. The standard InChI is InChI=1S/C16H24N2O4S/c1-2-3-10-23(21,22)18-9-5-6-13(12-18)16(20)17-14-7-4-8-15(19)11-14/h4,7-8,11,13,19H,2-3,5-6,9-10,12H2,1H3,(H,17,20)/t13-/m0/s1. The number of hydrogen-bond donors (Lipinski definition) is 2. The summed E-state index contributed by atoms with van der Waals surface area (Å²) in [5.41, 5.74) is 0.515. The van der Waals surface area contributed by atoms with E-state index in [1.54, 1.807) is 12.1 Å². The minimum absolute atomic E-state index is 0.0789. The molecule has 1 aliphatic heterocycles. The molecule has 23 heavy (non-hydrogen) atoms. The van der Waals surface area contributed by atoms with Crippen LogP contribution in [-0.4, -0.2) is 42.6 Å². The number of rotatable bonds is 6. The molecule has 1 aromatic carbocycles. The van der Waals surface area contributed by atoms with Crippen molar-refractivity contribution in [2.24, 2.45) is 5.92 Å². The minimum Gasteiger partial charge on any atom is -0.508 e. The number of phenolic OH excluding ortho intramolecular Hbond substituents is 1. The number of unbranched alkanes of at least 4 members (excludes halogenated alkanes) is 1. The van der Waals surface area contributed by atoms with Crippen molar-refractivity contribution in [1.82, 2.24) is 4.31 Å². The fourth-order valence-corrected chi connectivity index (χ4v) is 4.42. The third-order valence-corrected chi connectivity index (χ3v) is 5.94. The molecule has 6 nitrogen and oxygen atoms in total. The first-order chi connectivity index (χ1) is 10.9. The molecular weight excluding hydrogens is 316 g/mol. The molecule has 2 N–H and O–H groups in total. The van der Waals surface area contributed by atoms with E-state index in [-0.39, 0.29) is 29.9 Å². The van der Waals surface area contributed by atoms with Gasteiger partial charge in [0.25, 0.3) is 0 Å². The molecule has 1 aliphatic rings. The topological polar surface area (TPSA) is 86.7 Å². The number of nitrogens with one attached hydrogen (secondary N) is 1. The molecule has 7 heteroatoms. The third-order valence-electron chi connectivity index (χ3n) is 4.02. The van der Waals surface area contributed by atoms with E-state index in [9.17, 15) is 18.3 Å². The van der Waals surface area contributed by atoms with E-state index >= 15 is 0 Å². The normalized spacial score (nSPS) is 19.4. The number of phenols is 1. The maximum atomic E-state index is 12.4. The zero-order chi connectivity index (χ0) is 16.9. The van der Waals surface area contributed by atoms with Crippen LogP contribution in [0.4, 0.5) is 5.69 Å². The van der Waals surface area contributed by atoms with Gasteiger partial charge in [-0.1, -0.05) is 19.4 Å². The number of hydrogen-bond acceptors (Lipinski definition) is 4. The molecular formula is C16H24N2O4S. The van der Waals surface area contributed by atoms with Crippen molar-refractivity contribution in [3.05, 3.63) is 24.3 Å². The van der Waals surface area contributed by atoms with Crippen molar-refractivity contribution in [2.75, 3.05) is 24.2 Å². The average Bonchev–Trinajstić information content (AvgIpc) is 2.53. The van der Waals surface area contributed by atoms with E-state index in [1.807, 2.05) is 6.92 Å². The van der Waals surface area contributed by atoms with Crippen molar-refractivity contribution in [2.45, 2.75) is 32.6 Å². The predicted molar refractivity (Wildman–Crippen MR) is 89.7 cm³/mol. The summed E-state index contributed by atoms with van der Waals surface area (Å²) in [4.78, 5) is 12.4. The molecule has 1 heterocycles. The number of anilines is 1. The van der Waals surface area contributed by atoms with Gasteiger partial charge >= 0.3 is 0 Å². The quantitative estimate of drug-likeness (QED) is 0.831. The number of carbonyl (C=O) groups excluding carboxylic acids is 1. The van der Waals surface area contributed by atoms with Gasteiger partial charge in [0.15, 0.2) is 0 Å². The second kappa shape index (κ2) is 7.79. The third kappa shape index (κ3) is 4.94. The van der Waals surface area contributed by atoms with Crippen LogP contribution in [0.5, 0.6) is 5.75 Å². The highest BCUT2D eigenvalue weighted by atomic mass is 32.2. The summed E-state index contributed by atoms with van der Waals surface area (Å²) >= 11 is 0. The maximum absolute atomic E-state index is 12.4. The number of aromatic hydroxyl groups is 1. The Kier molecular flexibility index (Phi) is 6.01. The fraction of sp³-hybridized carbons (Fsp3) is 0.562. The number of benzene rings is 1. The van der Waals surface area contributed by atoms with E-state index in [0.29, 0.717) is 31.5 Å². The Morgan fingerprint density at radius 1 is 1.43 bits per heavy atom. The van der Waals surface area contributed by atoms with Crippen molar-refractivity contribution in [3.8, 4) is 5.75 Å². The molecule has 0 aromatic heterocycles. The lowest BCUT2D eigenvalue weighted by atomic mass is 9.98. The maximum Gasteiger partial charge on any atom is 0.228 e. The first-order valence-corrected chi connectivity index (χ1v) is 9.61. The fourth-order valence-electron chi connectivity index (χ4n) is 2.69. The predicted octanol–water partition coefficient (Wildman–Crippen LogP) is 2.17. The van der Waals surface area contributed by atoms with Gasteiger partial charge in [0.05, 0.1) is 11.7 Å². The first kappa shape index (κ1) is 17.7. The molecule has 1 amide bonds. The molecule has 1 atom stereocenters. The summed E-state index contributed by atoms with van der Waals surface area (Å²) in [6.07, 6.45) is 2.82. The number of nitrogens with zero attached hydrogens (tertiary/aromatic N) is 1. The lowest BCUT2D eigenvalue weighted by Crippen LogP contribution is -2.44. The smallest absolute Gasteiger partial charge is 0.228 e. The Bertz CT molecular complexity index is 645. The lowest BCUT2D eigenvalue weighted by Gasteiger charge is -2.31. The van der Waals surface area contributed by atoms with Crippen LogP contribution in [-0.2, 0) is 14.8 Å². The molecule has 0 unspecified atom stereocenters. The number of sulfonamides is 1. The van der Waals surface area contributed by atoms with Crippen LogP contribution in [0, 0.1) is 5.92 Å². The van der Waals surface area contributed by atoms with Crippen LogP contribution < -0.4 is 5.32 Å². The summed E-state index contributed by atoms with van der Waals surface area (Å²) in [7, 11) is -3.28. The van der Waals surface area contributed by atoms with Crippen LogP contribution in [0.25, 0.3) is 0 Å². The minimum atomic E-state index is -3.28. The monoisotopic (exact) mass is 340 g/mol. The number of carbonyl (C=O) groups is 1. The van der Waals surface area contributed by atoms with Crippen molar-refractivity contribution < 1.29 is 18.3 Å². The molecule has 128 valence electrons. The van der Waals surface area contributed by atoms with Crippen LogP contribution in [0.2, 0.25) is 0 Å². The van der Waals surface area contributed by atoms with Gasteiger partial charge in [0.2, 0.25) is 15.9 Å². The molecule has 1 fully saturated rings. The first-order valence-electron chi connectivity index (χ1n) is 8.00. The summed E-state index contributed by atoms with van der Waals surface area (Å²) in [5, 5.41) is 12.2. The second-order valence-electron chi connectivity index (χ2n) is 5.91. The summed E-state index contributed by atoms with van der Waals surface area (Å²) < 4.78 is 26.0. The van der Waals surface area contributed by atoms with E-state index < -0.39 is 10.0 Å². The zero-order valence-corrected chi connectivity index (χ0v) is 14.2. The van der Waals surface area contributed by atoms with E-state index in [1.165, 1.54) is 16.4 Å². The van der Waals surface area contributed by atoms with Crippen LogP contribution >= 0.6 is 0 Å². The molecule has 0 bridgehead atoms. The van der Waals surface area contributed by atoms with Gasteiger partial charge in [-0.15, -0.1) is 0 Å².